The molecule has 2 heterocycles. The molecule has 0 radical (unpaired) electrons. The first-order valence-corrected chi connectivity index (χ1v) is 5.64. The number of aryl methyl sites for hydroxylation is 1. The van der Waals surface area contributed by atoms with Gasteiger partial charge in [-0.05, 0) is 32.8 Å². The van der Waals surface area contributed by atoms with E-state index < -0.39 is 0 Å². The zero-order valence-corrected chi connectivity index (χ0v) is 11.0. The summed E-state index contributed by atoms with van der Waals surface area (Å²) in [6.07, 6.45) is 2.29. The van der Waals surface area contributed by atoms with Gasteiger partial charge in [0.2, 0.25) is 0 Å². The average molecular weight is 263 g/mol. The summed E-state index contributed by atoms with van der Waals surface area (Å²) in [5.74, 6) is 0.685. The standard InChI is InChI=1S/C11H15ClN2O.ClH/c1-8-4-3-5-13(8)11-7-10(12)6-9(2)14(11)15;/h6-8H,3-5H2,1-2H3;1H. The van der Waals surface area contributed by atoms with E-state index in [0.29, 0.717) is 22.6 Å². The second kappa shape index (κ2) is 5.11. The predicted molar refractivity (Wildman–Crippen MR) is 68.4 cm³/mol. The van der Waals surface area contributed by atoms with Crippen LogP contribution in [0.2, 0.25) is 5.02 Å². The molecule has 3 nitrogen and oxygen atoms in total. The Labute approximate surface area is 107 Å². The normalized spacial score (nSPS) is 19.7. The lowest BCUT2D eigenvalue weighted by Crippen LogP contribution is -2.41. The van der Waals surface area contributed by atoms with Crippen LogP contribution < -0.4 is 9.63 Å². The van der Waals surface area contributed by atoms with Crippen molar-refractivity contribution in [3.05, 3.63) is 28.1 Å². The van der Waals surface area contributed by atoms with Gasteiger partial charge < -0.3 is 5.21 Å². The number of pyridine rings is 1. The van der Waals surface area contributed by atoms with Crippen molar-refractivity contribution < 1.29 is 4.73 Å². The van der Waals surface area contributed by atoms with Crippen LogP contribution in [0.25, 0.3) is 0 Å². The molecule has 16 heavy (non-hydrogen) atoms. The third-order valence-electron chi connectivity index (χ3n) is 2.99. The van der Waals surface area contributed by atoms with Crippen molar-refractivity contribution in [2.75, 3.05) is 11.4 Å². The fourth-order valence-corrected chi connectivity index (χ4v) is 2.39. The van der Waals surface area contributed by atoms with Crippen molar-refractivity contribution in [3.8, 4) is 0 Å². The van der Waals surface area contributed by atoms with Gasteiger partial charge in [0.25, 0.3) is 5.82 Å². The van der Waals surface area contributed by atoms with E-state index >= 15 is 0 Å². The van der Waals surface area contributed by atoms with Gasteiger partial charge in [0.15, 0.2) is 0 Å². The molecule has 0 bridgehead atoms. The van der Waals surface area contributed by atoms with E-state index in [2.05, 4.69) is 11.8 Å². The lowest BCUT2D eigenvalue weighted by Gasteiger charge is -2.21. The molecule has 1 unspecified atom stereocenters. The topological polar surface area (TPSA) is 30.2 Å². The Bertz CT molecular complexity index is 384. The van der Waals surface area contributed by atoms with Gasteiger partial charge in [-0.15, -0.1) is 12.4 Å². The Morgan fingerprint density at radius 2 is 2.19 bits per heavy atom. The van der Waals surface area contributed by atoms with Crippen molar-refractivity contribution in [1.29, 1.82) is 0 Å². The highest BCUT2D eigenvalue weighted by atomic mass is 35.5. The van der Waals surface area contributed by atoms with Gasteiger partial charge in [-0.1, -0.05) is 11.6 Å². The summed E-state index contributed by atoms with van der Waals surface area (Å²) in [6.45, 7) is 4.87. The molecule has 2 rings (SSSR count). The number of hydrogen-bond donors (Lipinski definition) is 0. The molecule has 1 atom stereocenters. The SMILES string of the molecule is Cc1cc(Cl)cc(N2CCCC2C)[n+]1[O-].Cl. The first kappa shape index (κ1) is 13.4. The molecule has 0 N–H and O–H groups in total. The molecule has 1 aromatic heterocycles. The van der Waals surface area contributed by atoms with Gasteiger partial charge in [0.05, 0.1) is 17.6 Å². The minimum atomic E-state index is 0. The second-order valence-corrected chi connectivity index (χ2v) is 4.59. The highest BCUT2D eigenvalue weighted by Crippen LogP contribution is 2.24. The molecule has 1 saturated heterocycles. The van der Waals surface area contributed by atoms with Crippen molar-refractivity contribution in [2.24, 2.45) is 0 Å². The van der Waals surface area contributed by atoms with Crippen molar-refractivity contribution in [1.82, 2.24) is 0 Å². The second-order valence-electron chi connectivity index (χ2n) is 4.15. The molecule has 1 aliphatic rings. The summed E-state index contributed by atoms with van der Waals surface area (Å²) >= 11 is 5.97. The molecule has 0 amide bonds. The molecule has 5 heteroatoms. The first-order valence-electron chi connectivity index (χ1n) is 5.26. The van der Waals surface area contributed by atoms with Crippen LogP contribution in [0.1, 0.15) is 25.5 Å². The maximum absolute atomic E-state index is 11.9. The predicted octanol–water partition coefficient (Wildman–Crippen LogP) is 2.69. The minimum absolute atomic E-state index is 0. The smallest absolute Gasteiger partial charge is 0.281 e. The Balaban J connectivity index is 0.00000128. The highest BCUT2D eigenvalue weighted by molar-refractivity contribution is 6.30. The van der Waals surface area contributed by atoms with Gasteiger partial charge in [-0.2, -0.15) is 0 Å². The zero-order valence-electron chi connectivity index (χ0n) is 9.44. The molecular formula is C11H16Cl2N2O. The fraction of sp³-hybridized carbons (Fsp3) is 0.545. The fourth-order valence-electron chi connectivity index (χ4n) is 2.14. The molecule has 1 aliphatic heterocycles. The third kappa shape index (κ3) is 2.36. The number of anilines is 1. The van der Waals surface area contributed by atoms with Crippen molar-refractivity contribution in [3.63, 3.8) is 0 Å². The average Bonchev–Trinajstić information content (AvgIpc) is 2.58. The maximum Gasteiger partial charge on any atom is 0.281 e. The van der Waals surface area contributed by atoms with Crippen molar-refractivity contribution >= 4 is 29.8 Å². The van der Waals surface area contributed by atoms with E-state index in [1.807, 2.05) is 0 Å². The molecule has 1 aromatic rings. The van der Waals surface area contributed by atoms with Crippen LogP contribution in [-0.4, -0.2) is 12.6 Å². The van der Waals surface area contributed by atoms with Crippen LogP contribution >= 0.6 is 24.0 Å². The Hall–Kier alpha value is -0.670. The monoisotopic (exact) mass is 262 g/mol. The molecular weight excluding hydrogens is 247 g/mol. The summed E-state index contributed by atoms with van der Waals surface area (Å²) in [7, 11) is 0. The lowest BCUT2D eigenvalue weighted by atomic mass is 10.2. The Morgan fingerprint density at radius 1 is 1.50 bits per heavy atom. The quantitative estimate of drug-likeness (QED) is 0.576. The van der Waals surface area contributed by atoms with Crippen LogP contribution in [-0.2, 0) is 0 Å². The summed E-state index contributed by atoms with van der Waals surface area (Å²) in [5.41, 5.74) is 0.650. The lowest BCUT2D eigenvalue weighted by molar-refractivity contribution is -0.599. The van der Waals surface area contributed by atoms with Crippen LogP contribution in [0, 0.1) is 12.1 Å². The minimum Gasteiger partial charge on any atom is -0.710 e. The van der Waals surface area contributed by atoms with E-state index in [0.717, 1.165) is 24.1 Å². The van der Waals surface area contributed by atoms with Gasteiger partial charge in [-0.25, -0.2) is 4.73 Å². The highest BCUT2D eigenvalue weighted by Gasteiger charge is 2.29. The summed E-state index contributed by atoms with van der Waals surface area (Å²) in [4.78, 5) is 2.13. The summed E-state index contributed by atoms with van der Waals surface area (Å²) < 4.78 is 0.966. The van der Waals surface area contributed by atoms with Crippen LogP contribution in [0.15, 0.2) is 12.1 Å². The molecule has 0 spiro atoms. The Kier molecular flexibility index (Phi) is 4.28. The third-order valence-corrected chi connectivity index (χ3v) is 3.21. The maximum atomic E-state index is 11.9. The number of aromatic nitrogens is 1. The van der Waals surface area contributed by atoms with E-state index in [1.54, 1.807) is 19.1 Å². The number of halogens is 2. The molecule has 0 saturated carbocycles. The molecule has 1 fully saturated rings. The number of nitrogens with zero attached hydrogens (tertiary/aromatic N) is 2. The molecule has 90 valence electrons. The van der Waals surface area contributed by atoms with E-state index in [9.17, 15) is 5.21 Å². The number of rotatable bonds is 1. The van der Waals surface area contributed by atoms with Gasteiger partial charge in [-0.3, -0.25) is 4.90 Å². The van der Waals surface area contributed by atoms with Crippen LogP contribution in [0.3, 0.4) is 0 Å². The van der Waals surface area contributed by atoms with Crippen LogP contribution in [0.4, 0.5) is 5.82 Å². The van der Waals surface area contributed by atoms with Crippen LogP contribution in [0.5, 0.6) is 0 Å². The van der Waals surface area contributed by atoms with Crippen molar-refractivity contribution in [2.45, 2.75) is 32.7 Å². The largest absolute Gasteiger partial charge is 0.710 e. The van der Waals surface area contributed by atoms with E-state index in [4.69, 9.17) is 11.6 Å². The van der Waals surface area contributed by atoms with Gasteiger partial charge in [0, 0.05) is 6.07 Å². The summed E-state index contributed by atoms with van der Waals surface area (Å²) in [6, 6.07) is 3.88. The van der Waals surface area contributed by atoms with Gasteiger partial charge >= 0.3 is 0 Å². The summed E-state index contributed by atoms with van der Waals surface area (Å²) in [5, 5.41) is 12.5. The van der Waals surface area contributed by atoms with Gasteiger partial charge in [0.1, 0.15) is 5.69 Å². The molecule has 0 aliphatic carbocycles. The number of hydrogen-bond acceptors (Lipinski definition) is 2. The van der Waals surface area contributed by atoms with E-state index in [-0.39, 0.29) is 12.4 Å². The van der Waals surface area contributed by atoms with E-state index in [1.165, 1.54) is 0 Å². The Morgan fingerprint density at radius 3 is 2.75 bits per heavy atom. The zero-order chi connectivity index (χ0) is 11.0. The molecule has 0 aromatic carbocycles. The first-order chi connectivity index (χ1) is 7.09.